The number of oxazole rings is 1. The molecule has 0 aliphatic rings. The number of nitrogens with one attached hydrogen (secondary N) is 1. The summed E-state index contributed by atoms with van der Waals surface area (Å²) in [6, 6.07) is 13.3. The zero-order valence-corrected chi connectivity index (χ0v) is 16.7. The number of hydrogen-bond acceptors (Lipinski definition) is 6. The Kier molecular flexibility index (Phi) is 6.18. The number of anilines is 1. The van der Waals surface area contributed by atoms with E-state index in [1.165, 1.54) is 24.3 Å². The van der Waals surface area contributed by atoms with E-state index in [0.717, 1.165) is 11.1 Å². The van der Waals surface area contributed by atoms with Crippen LogP contribution in [0.1, 0.15) is 17.0 Å². The number of nitro groups is 1. The topological polar surface area (TPSA) is 115 Å². The van der Waals surface area contributed by atoms with Gasteiger partial charge in [0.2, 0.25) is 11.8 Å². The summed E-state index contributed by atoms with van der Waals surface area (Å²) < 4.78 is 18.1. The molecule has 2 aromatic carbocycles. The molecule has 0 fully saturated rings. The van der Waals surface area contributed by atoms with Crippen molar-refractivity contribution in [2.75, 3.05) is 11.1 Å². The number of non-ortho nitro benzene ring substituents is 1. The maximum atomic E-state index is 12.4. The molecule has 0 spiro atoms. The minimum absolute atomic E-state index is 0.0730. The SMILES string of the molecule is Cc1ccc(-c2nc(C[S@](=O)CC(=O)Nc3cccc([N+](=O)[O-])c3)c(C)o2)cc1. The van der Waals surface area contributed by atoms with Gasteiger partial charge in [-0.3, -0.25) is 19.1 Å². The number of nitrogens with zero attached hydrogens (tertiary/aromatic N) is 2. The molecular weight excluding hydrogens is 394 g/mol. The van der Waals surface area contributed by atoms with E-state index in [1.54, 1.807) is 6.92 Å². The molecule has 0 saturated heterocycles. The lowest BCUT2D eigenvalue weighted by Gasteiger charge is -2.05. The Bertz CT molecular complexity index is 1080. The molecule has 3 aromatic rings. The van der Waals surface area contributed by atoms with Crippen LogP contribution in [0.25, 0.3) is 11.5 Å². The summed E-state index contributed by atoms with van der Waals surface area (Å²) in [5, 5.41) is 13.3. The second kappa shape index (κ2) is 8.78. The van der Waals surface area contributed by atoms with Crippen LogP contribution in [-0.4, -0.2) is 25.8 Å². The Hall–Kier alpha value is -3.33. The third-order valence-corrected chi connectivity index (χ3v) is 5.30. The van der Waals surface area contributed by atoms with Gasteiger partial charge in [0.15, 0.2) is 0 Å². The van der Waals surface area contributed by atoms with Crippen LogP contribution in [0.2, 0.25) is 0 Å². The fourth-order valence-corrected chi connectivity index (χ4v) is 3.67. The van der Waals surface area contributed by atoms with Gasteiger partial charge in [-0.25, -0.2) is 4.98 Å². The number of amides is 1. The van der Waals surface area contributed by atoms with Crippen LogP contribution < -0.4 is 5.32 Å². The van der Waals surface area contributed by atoms with Gasteiger partial charge in [0.1, 0.15) is 11.5 Å². The zero-order chi connectivity index (χ0) is 21.0. The van der Waals surface area contributed by atoms with Crippen LogP contribution >= 0.6 is 0 Å². The number of carbonyl (C=O) groups is 1. The predicted molar refractivity (Wildman–Crippen MR) is 110 cm³/mol. The van der Waals surface area contributed by atoms with Crippen LogP contribution in [0.5, 0.6) is 0 Å². The highest BCUT2D eigenvalue weighted by molar-refractivity contribution is 7.84. The molecule has 0 radical (unpaired) electrons. The normalized spacial score (nSPS) is 11.8. The van der Waals surface area contributed by atoms with E-state index in [9.17, 15) is 19.1 Å². The standard InChI is InChI=1S/C20H19N3O5S/c1-13-6-8-15(9-7-13)20-22-18(14(2)28-20)11-29(27)12-19(24)21-16-4-3-5-17(10-16)23(25)26/h3-10H,11-12H2,1-2H3,(H,21,24)/t29-/m0/s1. The minimum atomic E-state index is -1.51. The van der Waals surface area contributed by atoms with Crippen molar-refractivity contribution in [3.05, 3.63) is 75.7 Å². The molecular formula is C20H19N3O5S. The van der Waals surface area contributed by atoms with E-state index in [-0.39, 0.29) is 22.9 Å². The quantitative estimate of drug-likeness (QED) is 0.466. The molecule has 0 aliphatic heterocycles. The number of benzene rings is 2. The van der Waals surface area contributed by atoms with Gasteiger partial charge in [0, 0.05) is 34.2 Å². The molecule has 9 heteroatoms. The van der Waals surface area contributed by atoms with Crippen LogP contribution in [-0.2, 0) is 21.3 Å². The molecule has 0 aliphatic carbocycles. The lowest BCUT2D eigenvalue weighted by atomic mass is 10.1. The fourth-order valence-electron chi connectivity index (χ4n) is 2.63. The Morgan fingerprint density at radius 2 is 1.93 bits per heavy atom. The van der Waals surface area contributed by atoms with Gasteiger partial charge in [-0.15, -0.1) is 0 Å². The predicted octanol–water partition coefficient (Wildman–Crippen LogP) is 3.75. The van der Waals surface area contributed by atoms with Crippen molar-refractivity contribution in [2.24, 2.45) is 0 Å². The first kappa shape index (κ1) is 20.4. The summed E-state index contributed by atoms with van der Waals surface area (Å²) in [5.41, 5.74) is 2.61. The van der Waals surface area contributed by atoms with Crippen molar-refractivity contribution in [3.8, 4) is 11.5 Å². The number of aromatic nitrogens is 1. The molecule has 1 amide bonds. The Morgan fingerprint density at radius 1 is 1.21 bits per heavy atom. The van der Waals surface area contributed by atoms with Gasteiger partial charge in [-0.2, -0.15) is 0 Å². The Balaban J connectivity index is 1.62. The first-order valence-corrected chi connectivity index (χ1v) is 10.2. The molecule has 1 N–H and O–H groups in total. The molecule has 29 heavy (non-hydrogen) atoms. The molecule has 1 heterocycles. The number of aryl methyl sites for hydroxylation is 2. The lowest BCUT2D eigenvalue weighted by molar-refractivity contribution is -0.384. The average molecular weight is 413 g/mol. The summed E-state index contributed by atoms with van der Waals surface area (Å²) in [5.74, 6) is 0.311. The van der Waals surface area contributed by atoms with E-state index in [4.69, 9.17) is 4.42 Å². The number of nitro benzene ring substituents is 1. The first-order valence-electron chi connectivity index (χ1n) is 8.74. The van der Waals surface area contributed by atoms with Crippen molar-refractivity contribution in [2.45, 2.75) is 19.6 Å². The van der Waals surface area contributed by atoms with Crippen molar-refractivity contribution < 1.29 is 18.3 Å². The molecule has 150 valence electrons. The van der Waals surface area contributed by atoms with Crippen molar-refractivity contribution >= 4 is 28.1 Å². The molecule has 1 aromatic heterocycles. The fraction of sp³-hybridized carbons (Fsp3) is 0.200. The summed E-state index contributed by atoms with van der Waals surface area (Å²) in [7, 11) is -1.51. The molecule has 3 rings (SSSR count). The van der Waals surface area contributed by atoms with Crippen LogP contribution in [0.15, 0.2) is 52.9 Å². The highest BCUT2D eigenvalue weighted by atomic mass is 32.2. The maximum Gasteiger partial charge on any atom is 0.271 e. The molecule has 1 atom stereocenters. The third kappa shape index (κ3) is 5.35. The third-order valence-electron chi connectivity index (χ3n) is 4.12. The molecule has 0 unspecified atom stereocenters. The minimum Gasteiger partial charge on any atom is -0.441 e. The smallest absolute Gasteiger partial charge is 0.271 e. The van der Waals surface area contributed by atoms with Crippen LogP contribution in [0.3, 0.4) is 0 Å². The van der Waals surface area contributed by atoms with E-state index >= 15 is 0 Å². The Morgan fingerprint density at radius 3 is 2.62 bits per heavy atom. The van der Waals surface area contributed by atoms with Crippen molar-refractivity contribution in [1.29, 1.82) is 0 Å². The lowest BCUT2D eigenvalue weighted by Crippen LogP contribution is -2.20. The van der Waals surface area contributed by atoms with Crippen LogP contribution in [0.4, 0.5) is 11.4 Å². The van der Waals surface area contributed by atoms with Gasteiger partial charge >= 0.3 is 0 Å². The van der Waals surface area contributed by atoms with E-state index < -0.39 is 21.6 Å². The molecule has 8 nitrogen and oxygen atoms in total. The maximum absolute atomic E-state index is 12.4. The first-order chi connectivity index (χ1) is 13.8. The number of carbonyl (C=O) groups excluding carboxylic acids is 1. The number of rotatable bonds is 7. The monoisotopic (exact) mass is 413 g/mol. The van der Waals surface area contributed by atoms with Gasteiger partial charge in [-0.05, 0) is 32.0 Å². The summed E-state index contributed by atoms with van der Waals surface area (Å²) >= 11 is 0. The van der Waals surface area contributed by atoms with Gasteiger partial charge in [0.25, 0.3) is 5.69 Å². The molecule has 0 saturated carbocycles. The average Bonchev–Trinajstić information content (AvgIpc) is 3.02. The van der Waals surface area contributed by atoms with Crippen LogP contribution in [0, 0.1) is 24.0 Å². The van der Waals surface area contributed by atoms with Gasteiger partial charge in [-0.1, -0.05) is 23.8 Å². The van der Waals surface area contributed by atoms with Gasteiger partial charge < -0.3 is 9.73 Å². The van der Waals surface area contributed by atoms with E-state index in [0.29, 0.717) is 17.3 Å². The highest BCUT2D eigenvalue weighted by Gasteiger charge is 2.16. The molecule has 0 bridgehead atoms. The summed E-state index contributed by atoms with van der Waals surface area (Å²) in [4.78, 5) is 26.8. The zero-order valence-electron chi connectivity index (χ0n) is 15.9. The highest BCUT2D eigenvalue weighted by Crippen LogP contribution is 2.23. The van der Waals surface area contributed by atoms with Crippen molar-refractivity contribution in [1.82, 2.24) is 4.98 Å². The van der Waals surface area contributed by atoms with Crippen molar-refractivity contribution in [3.63, 3.8) is 0 Å². The number of hydrogen-bond donors (Lipinski definition) is 1. The van der Waals surface area contributed by atoms with Gasteiger partial charge in [0.05, 0.1) is 16.4 Å². The summed E-state index contributed by atoms with van der Waals surface area (Å²) in [6.07, 6.45) is 0. The van der Waals surface area contributed by atoms with E-state index in [1.807, 2.05) is 31.2 Å². The summed E-state index contributed by atoms with van der Waals surface area (Å²) in [6.45, 7) is 3.72. The second-order valence-electron chi connectivity index (χ2n) is 6.47. The largest absolute Gasteiger partial charge is 0.441 e. The second-order valence-corrected chi connectivity index (χ2v) is 7.93. The van der Waals surface area contributed by atoms with E-state index in [2.05, 4.69) is 10.3 Å². The Labute approximate surface area is 169 Å².